The summed E-state index contributed by atoms with van der Waals surface area (Å²) in [7, 11) is -3.23. The molecule has 0 radical (unpaired) electrons. The van der Waals surface area contributed by atoms with Crippen molar-refractivity contribution in [1.29, 1.82) is 5.26 Å². The fraction of sp³-hybridized carbons (Fsp3) is 0.423. The molecule has 4 N–H and O–H groups in total. The highest BCUT2D eigenvalue weighted by Gasteiger charge is 2.40. The van der Waals surface area contributed by atoms with Crippen molar-refractivity contribution in [2.45, 2.75) is 49.6 Å². The average Bonchev–Trinajstić information content (AvgIpc) is 3.08. The molecule has 43 heavy (non-hydrogen) atoms. The van der Waals surface area contributed by atoms with Crippen LogP contribution in [0.3, 0.4) is 0 Å². The number of anilines is 2. The molecule has 1 saturated heterocycles. The molecule has 1 aromatic carbocycles. The minimum absolute atomic E-state index is 0.0101. The normalized spacial score (nSPS) is 15.9. The summed E-state index contributed by atoms with van der Waals surface area (Å²) in [5.41, 5.74) is 2.28. The van der Waals surface area contributed by atoms with E-state index in [1.165, 1.54) is 41.5 Å². The van der Waals surface area contributed by atoms with Crippen LogP contribution in [0, 0.1) is 18.3 Å². The molecule has 1 fully saturated rings. The first-order chi connectivity index (χ1) is 20.0. The van der Waals surface area contributed by atoms with Crippen molar-refractivity contribution in [3.05, 3.63) is 46.6 Å². The molecule has 2 heterocycles. The van der Waals surface area contributed by atoms with Crippen molar-refractivity contribution >= 4 is 39.5 Å². The maximum Gasteiger partial charge on any atom is 0.434 e. The molecule has 0 spiro atoms. The monoisotopic (exact) mass is 632 g/mol. The van der Waals surface area contributed by atoms with Crippen LogP contribution in [0.2, 0.25) is 0 Å². The van der Waals surface area contributed by atoms with Crippen LogP contribution in [-0.4, -0.2) is 64.4 Å². The molecule has 0 aliphatic carbocycles. The molecule has 0 bridgehead atoms. The molecule has 234 valence electrons. The SMILES string of the molecule is Cc1c(C#N)c(C(F)(F)F)nc(N2CCCC(F)(F)CC2)c1C(=O)Nc1cccc([S@@](C)(=O)=NC(=O)CCN)c1.O=CO. The molecular weight excluding hydrogens is 603 g/mol. The summed E-state index contributed by atoms with van der Waals surface area (Å²) < 4.78 is 86.2. The van der Waals surface area contributed by atoms with Crippen molar-refractivity contribution in [2.24, 2.45) is 10.1 Å². The number of carbonyl (C=O) groups is 3. The summed E-state index contributed by atoms with van der Waals surface area (Å²) in [6.07, 6.45) is -5.14. The first-order valence-electron chi connectivity index (χ1n) is 12.6. The molecule has 1 aliphatic heterocycles. The van der Waals surface area contributed by atoms with Gasteiger partial charge >= 0.3 is 6.18 Å². The molecule has 0 unspecified atom stereocenters. The van der Waals surface area contributed by atoms with Gasteiger partial charge in [0.25, 0.3) is 18.3 Å². The smallest absolute Gasteiger partial charge is 0.434 e. The minimum atomic E-state index is -5.05. The van der Waals surface area contributed by atoms with Gasteiger partial charge in [-0.3, -0.25) is 14.4 Å². The summed E-state index contributed by atoms with van der Waals surface area (Å²) in [6, 6.07) is 6.98. The van der Waals surface area contributed by atoms with Crippen molar-refractivity contribution in [1.82, 2.24) is 4.98 Å². The zero-order valence-electron chi connectivity index (χ0n) is 23.1. The van der Waals surface area contributed by atoms with E-state index in [-0.39, 0.29) is 60.7 Å². The Balaban J connectivity index is 0.00000206. The Bertz CT molecular complexity index is 1530. The van der Waals surface area contributed by atoms with Gasteiger partial charge in [-0.2, -0.15) is 22.8 Å². The van der Waals surface area contributed by atoms with Crippen LogP contribution in [-0.2, 0) is 25.5 Å². The largest absolute Gasteiger partial charge is 0.483 e. The molecule has 2 aromatic rings. The highest BCUT2D eigenvalue weighted by Crippen LogP contribution is 2.38. The van der Waals surface area contributed by atoms with Gasteiger partial charge in [0, 0.05) is 55.7 Å². The number of hydrogen-bond acceptors (Lipinski definition) is 8. The molecule has 11 nitrogen and oxygen atoms in total. The van der Waals surface area contributed by atoms with Gasteiger partial charge in [-0.25, -0.2) is 18.0 Å². The molecule has 1 aromatic heterocycles. The van der Waals surface area contributed by atoms with Crippen LogP contribution in [0.5, 0.6) is 0 Å². The quantitative estimate of drug-likeness (QED) is 0.311. The second kappa shape index (κ2) is 14.3. The number of nitriles is 1. The Hall–Kier alpha value is -4.17. The number of pyridine rings is 1. The van der Waals surface area contributed by atoms with E-state index in [0.29, 0.717) is 0 Å². The number of nitrogens with zero attached hydrogens (tertiary/aromatic N) is 4. The molecule has 2 amide bonds. The number of nitrogens with two attached hydrogens (primary N) is 1. The summed E-state index contributed by atoms with van der Waals surface area (Å²) >= 11 is 0. The van der Waals surface area contributed by atoms with Crippen LogP contribution in [0.25, 0.3) is 0 Å². The number of aromatic nitrogens is 1. The van der Waals surface area contributed by atoms with Crippen LogP contribution in [0.15, 0.2) is 33.5 Å². The Labute approximate surface area is 244 Å². The van der Waals surface area contributed by atoms with Gasteiger partial charge in [0.15, 0.2) is 5.69 Å². The predicted molar refractivity (Wildman–Crippen MR) is 146 cm³/mol. The van der Waals surface area contributed by atoms with Gasteiger partial charge in [0.2, 0.25) is 5.92 Å². The van der Waals surface area contributed by atoms with Gasteiger partial charge in [0.05, 0.1) is 20.9 Å². The standard InChI is InChI=1S/C25H27F5N6O3S.CH2O2/c1-15-18(14-32)21(25(28,29)30)34-22(36-11-4-8-24(26,27)9-12-36)20(15)23(38)33-16-5-3-6-17(13-16)40(2,39)35-19(37)7-10-31;2-1-3/h3,5-6,13H,4,7-12,31H2,1-2H3,(H,33,38);1H,(H,2,3)/t40-;/m1./s1. The number of amides is 2. The van der Waals surface area contributed by atoms with Gasteiger partial charge < -0.3 is 21.1 Å². The third-order valence-corrected chi connectivity index (χ3v) is 7.90. The van der Waals surface area contributed by atoms with Gasteiger partial charge in [-0.1, -0.05) is 6.07 Å². The van der Waals surface area contributed by atoms with Crippen LogP contribution < -0.4 is 16.0 Å². The van der Waals surface area contributed by atoms with E-state index in [2.05, 4.69) is 14.7 Å². The summed E-state index contributed by atoms with van der Waals surface area (Å²) in [6.45, 7) is 0.458. The Kier molecular flexibility index (Phi) is 11.7. The van der Waals surface area contributed by atoms with Crippen LogP contribution in [0.1, 0.15) is 52.9 Å². The number of benzene rings is 1. The molecule has 1 aliphatic rings. The van der Waals surface area contributed by atoms with Gasteiger partial charge in [0.1, 0.15) is 11.9 Å². The lowest BCUT2D eigenvalue weighted by atomic mass is 10.00. The second-order valence-electron chi connectivity index (χ2n) is 9.38. The Morgan fingerprint density at radius 1 is 1.30 bits per heavy atom. The first kappa shape index (κ1) is 35.0. The Morgan fingerprint density at radius 3 is 2.53 bits per heavy atom. The van der Waals surface area contributed by atoms with E-state index in [1.807, 2.05) is 0 Å². The van der Waals surface area contributed by atoms with Crippen molar-refractivity contribution in [3.8, 4) is 6.07 Å². The number of nitrogens with one attached hydrogen (secondary N) is 1. The topological polar surface area (TPSA) is 179 Å². The molecule has 17 heteroatoms. The van der Waals surface area contributed by atoms with E-state index in [0.717, 1.165) is 6.92 Å². The van der Waals surface area contributed by atoms with E-state index in [9.17, 15) is 41.0 Å². The maximum absolute atomic E-state index is 14.0. The zero-order chi connectivity index (χ0) is 32.6. The number of halogens is 5. The lowest BCUT2D eigenvalue weighted by Crippen LogP contribution is -2.31. The third kappa shape index (κ3) is 9.16. The Morgan fingerprint density at radius 2 is 1.95 bits per heavy atom. The molecular formula is C26H29F5N6O5S. The van der Waals surface area contributed by atoms with Gasteiger partial charge in [-0.05, 0) is 37.1 Å². The highest BCUT2D eigenvalue weighted by molar-refractivity contribution is 7.93. The predicted octanol–water partition coefficient (Wildman–Crippen LogP) is 4.19. The maximum atomic E-state index is 14.0. The highest BCUT2D eigenvalue weighted by atomic mass is 32.2. The van der Waals surface area contributed by atoms with Gasteiger partial charge in [-0.15, -0.1) is 0 Å². The van der Waals surface area contributed by atoms with Crippen molar-refractivity contribution < 1.29 is 45.7 Å². The summed E-state index contributed by atoms with van der Waals surface area (Å²) in [5, 5.41) is 18.9. The second-order valence-corrected chi connectivity index (χ2v) is 11.6. The lowest BCUT2D eigenvalue weighted by Gasteiger charge is -2.27. The third-order valence-electron chi connectivity index (χ3n) is 6.22. The van der Waals surface area contributed by atoms with E-state index in [1.54, 1.807) is 0 Å². The molecule has 0 saturated carbocycles. The number of carbonyl (C=O) groups excluding carboxylic acids is 2. The summed E-state index contributed by atoms with van der Waals surface area (Å²) in [4.78, 5) is 38.6. The fourth-order valence-corrected chi connectivity index (χ4v) is 5.49. The fourth-order valence-electron chi connectivity index (χ4n) is 4.23. The minimum Gasteiger partial charge on any atom is -0.483 e. The number of alkyl halides is 5. The van der Waals surface area contributed by atoms with E-state index >= 15 is 0 Å². The summed E-state index contributed by atoms with van der Waals surface area (Å²) in [5.74, 6) is -5.14. The number of hydrogen-bond donors (Lipinski definition) is 3. The van der Waals surface area contributed by atoms with Crippen molar-refractivity contribution in [2.75, 3.05) is 36.1 Å². The van der Waals surface area contributed by atoms with Crippen LogP contribution >= 0.6 is 0 Å². The lowest BCUT2D eigenvalue weighted by molar-refractivity contribution is -0.141. The first-order valence-corrected chi connectivity index (χ1v) is 14.5. The zero-order valence-corrected chi connectivity index (χ0v) is 23.9. The molecule has 3 rings (SSSR count). The van der Waals surface area contributed by atoms with E-state index < -0.39 is 63.6 Å². The molecule has 1 atom stereocenters. The van der Waals surface area contributed by atoms with Crippen LogP contribution in [0.4, 0.5) is 33.5 Å². The number of carboxylic acid groups (broad SMARTS) is 1. The average molecular weight is 633 g/mol. The number of rotatable bonds is 6. The van der Waals surface area contributed by atoms with Crippen molar-refractivity contribution in [3.63, 3.8) is 0 Å². The van der Waals surface area contributed by atoms with E-state index in [4.69, 9.17) is 15.6 Å².